The van der Waals surface area contributed by atoms with E-state index in [1.165, 1.54) is 0 Å². The molecular weight excluding hydrogens is 172 g/mol. The Balaban J connectivity index is 3.80. The third kappa shape index (κ3) is 4.85. The summed E-state index contributed by atoms with van der Waals surface area (Å²) >= 11 is 0. The average molecular weight is 190 g/mol. The molecule has 0 saturated carbocycles. The van der Waals surface area contributed by atoms with Crippen LogP contribution in [0.25, 0.3) is 0 Å². The van der Waals surface area contributed by atoms with E-state index < -0.39 is 11.4 Å². The van der Waals surface area contributed by atoms with E-state index in [0.717, 1.165) is 0 Å². The first-order valence-corrected chi connectivity index (χ1v) is 4.24. The van der Waals surface area contributed by atoms with Gasteiger partial charge in [0.1, 0.15) is 0 Å². The van der Waals surface area contributed by atoms with Crippen molar-refractivity contribution in [3.63, 3.8) is 0 Å². The normalized spacial score (nSPS) is 14.2. The second-order valence-electron chi connectivity index (χ2n) is 3.77. The van der Waals surface area contributed by atoms with Crippen molar-refractivity contribution in [1.29, 1.82) is 0 Å². The Bertz CT molecular complexity index is 165. The molecular formula is C9H18O4. The van der Waals surface area contributed by atoms with Crippen LogP contribution in [0.3, 0.4) is 0 Å². The molecule has 0 bridgehead atoms. The molecule has 0 radical (unpaired) electrons. The largest absolute Gasteiger partial charge is 0.481 e. The topological polar surface area (TPSA) is 55.8 Å². The molecule has 4 nitrogen and oxygen atoms in total. The minimum absolute atomic E-state index is 0.0661. The fraction of sp³-hybridized carbons (Fsp3) is 0.889. The fourth-order valence-corrected chi connectivity index (χ4v) is 0.695. The number of carboxylic acids is 1. The molecule has 78 valence electrons. The molecule has 1 N–H and O–H groups in total. The molecule has 0 rings (SSSR count). The third-order valence-electron chi connectivity index (χ3n) is 1.71. The molecule has 0 heterocycles. The van der Waals surface area contributed by atoms with Crippen molar-refractivity contribution < 1.29 is 19.4 Å². The van der Waals surface area contributed by atoms with Gasteiger partial charge in [-0.3, -0.25) is 4.79 Å². The molecule has 13 heavy (non-hydrogen) atoms. The lowest BCUT2D eigenvalue weighted by molar-refractivity contribution is -0.152. The highest BCUT2D eigenvalue weighted by Crippen LogP contribution is 2.16. The quantitative estimate of drug-likeness (QED) is 0.682. The van der Waals surface area contributed by atoms with Gasteiger partial charge in [-0.25, -0.2) is 0 Å². The Morgan fingerprint density at radius 1 is 1.54 bits per heavy atom. The van der Waals surface area contributed by atoms with Crippen LogP contribution in [0.5, 0.6) is 0 Å². The zero-order valence-electron chi connectivity index (χ0n) is 8.66. The Morgan fingerprint density at radius 3 is 2.46 bits per heavy atom. The highest BCUT2D eigenvalue weighted by molar-refractivity contribution is 5.73. The first kappa shape index (κ1) is 12.4. The van der Waals surface area contributed by atoms with E-state index in [2.05, 4.69) is 0 Å². The molecule has 0 aromatic heterocycles. The van der Waals surface area contributed by atoms with Gasteiger partial charge in [-0.05, 0) is 20.8 Å². The zero-order valence-corrected chi connectivity index (χ0v) is 8.66. The Morgan fingerprint density at radius 2 is 2.08 bits per heavy atom. The first-order chi connectivity index (χ1) is 5.90. The van der Waals surface area contributed by atoms with Gasteiger partial charge in [-0.1, -0.05) is 0 Å². The van der Waals surface area contributed by atoms with Crippen LogP contribution in [-0.2, 0) is 14.3 Å². The number of carboxylic acid groups (broad SMARTS) is 1. The highest BCUT2D eigenvalue weighted by atomic mass is 16.5. The van der Waals surface area contributed by atoms with Crippen LogP contribution in [0.2, 0.25) is 0 Å². The molecule has 0 aliphatic rings. The Labute approximate surface area is 78.8 Å². The number of ether oxygens (including phenoxy) is 2. The number of hydrogen-bond donors (Lipinski definition) is 1. The second kappa shape index (κ2) is 5.19. The lowest BCUT2D eigenvalue weighted by atomic mass is 9.95. The summed E-state index contributed by atoms with van der Waals surface area (Å²) in [6, 6.07) is 0. The molecule has 1 unspecified atom stereocenters. The summed E-state index contributed by atoms with van der Waals surface area (Å²) in [4.78, 5) is 10.7. The predicted octanol–water partition coefficient (Wildman–Crippen LogP) is 1.15. The molecule has 0 aliphatic heterocycles. The van der Waals surface area contributed by atoms with Gasteiger partial charge in [0.2, 0.25) is 0 Å². The monoisotopic (exact) mass is 190 g/mol. The summed E-state index contributed by atoms with van der Waals surface area (Å²) in [6.07, 6.45) is -0.0661. The van der Waals surface area contributed by atoms with Gasteiger partial charge in [0.25, 0.3) is 0 Å². The highest BCUT2D eigenvalue weighted by Gasteiger charge is 2.28. The lowest BCUT2D eigenvalue weighted by Gasteiger charge is -2.21. The van der Waals surface area contributed by atoms with Gasteiger partial charge in [0.15, 0.2) is 0 Å². The molecule has 0 spiro atoms. The number of hydrogen-bond acceptors (Lipinski definition) is 3. The van der Waals surface area contributed by atoms with Crippen LogP contribution in [0, 0.1) is 5.41 Å². The summed E-state index contributed by atoms with van der Waals surface area (Å²) in [7, 11) is 1.59. The Hall–Kier alpha value is -0.610. The van der Waals surface area contributed by atoms with Gasteiger partial charge in [0, 0.05) is 7.11 Å². The van der Waals surface area contributed by atoms with Gasteiger partial charge in [0.05, 0.1) is 24.7 Å². The van der Waals surface area contributed by atoms with Crippen LogP contribution in [0.1, 0.15) is 20.8 Å². The smallest absolute Gasteiger partial charge is 0.311 e. The first-order valence-electron chi connectivity index (χ1n) is 4.24. The summed E-state index contributed by atoms with van der Waals surface area (Å²) < 4.78 is 10.2. The Kier molecular flexibility index (Phi) is 4.95. The van der Waals surface area contributed by atoms with E-state index in [-0.39, 0.29) is 12.7 Å². The van der Waals surface area contributed by atoms with Crippen LogP contribution in [0.15, 0.2) is 0 Å². The average Bonchev–Trinajstić information content (AvgIpc) is 2.01. The van der Waals surface area contributed by atoms with E-state index in [4.69, 9.17) is 14.6 Å². The number of methoxy groups -OCH3 is 1. The molecule has 0 amide bonds. The van der Waals surface area contributed by atoms with Crippen LogP contribution < -0.4 is 0 Å². The van der Waals surface area contributed by atoms with Gasteiger partial charge in [-0.15, -0.1) is 0 Å². The van der Waals surface area contributed by atoms with Crippen molar-refractivity contribution >= 4 is 5.97 Å². The van der Waals surface area contributed by atoms with Crippen LogP contribution >= 0.6 is 0 Å². The van der Waals surface area contributed by atoms with E-state index >= 15 is 0 Å². The van der Waals surface area contributed by atoms with Crippen LogP contribution in [0.4, 0.5) is 0 Å². The molecule has 0 saturated heterocycles. The molecule has 1 atom stereocenters. The lowest BCUT2D eigenvalue weighted by Crippen LogP contribution is -2.32. The molecule has 0 aliphatic carbocycles. The fourth-order valence-electron chi connectivity index (χ4n) is 0.695. The van der Waals surface area contributed by atoms with Crippen molar-refractivity contribution in [3.05, 3.63) is 0 Å². The van der Waals surface area contributed by atoms with Gasteiger partial charge in [-0.2, -0.15) is 0 Å². The summed E-state index contributed by atoms with van der Waals surface area (Å²) in [5.74, 6) is -0.850. The third-order valence-corrected chi connectivity index (χ3v) is 1.71. The zero-order chi connectivity index (χ0) is 10.5. The minimum atomic E-state index is -0.850. The van der Waals surface area contributed by atoms with E-state index in [9.17, 15) is 4.79 Å². The maximum absolute atomic E-state index is 10.7. The van der Waals surface area contributed by atoms with E-state index in [1.807, 2.05) is 6.92 Å². The number of carbonyl (C=O) groups is 1. The SMILES string of the molecule is COCC(C)OCC(C)(C)C(=O)O. The minimum Gasteiger partial charge on any atom is -0.481 e. The molecule has 0 aromatic rings. The van der Waals surface area contributed by atoms with Crippen molar-refractivity contribution in [2.75, 3.05) is 20.3 Å². The van der Waals surface area contributed by atoms with Crippen molar-refractivity contribution in [1.82, 2.24) is 0 Å². The standard InChI is InChI=1S/C9H18O4/c1-7(5-12-4)13-6-9(2,3)8(10)11/h7H,5-6H2,1-4H3,(H,10,11). The van der Waals surface area contributed by atoms with E-state index in [0.29, 0.717) is 6.61 Å². The maximum Gasteiger partial charge on any atom is 0.311 e. The van der Waals surface area contributed by atoms with Gasteiger partial charge >= 0.3 is 5.97 Å². The summed E-state index contributed by atoms with van der Waals surface area (Å²) in [5, 5.41) is 8.77. The number of aliphatic carboxylic acids is 1. The van der Waals surface area contributed by atoms with Crippen molar-refractivity contribution in [3.8, 4) is 0 Å². The number of rotatable bonds is 6. The summed E-state index contributed by atoms with van der Waals surface area (Å²) in [5.41, 5.74) is -0.831. The maximum atomic E-state index is 10.7. The van der Waals surface area contributed by atoms with E-state index in [1.54, 1.807) is 21.0 Å². The molecule has 0 fully saturated rings. The second-order valence-corrected chi connectivity index (χ2v) is 3.77. The predicted molar refractivity (Wildman–Crippen MR) is 48.7 cm³/mol. The van der Waals surface area contributed by atoms with Gasteiger partial charge < -0.3 is 14.6 Å². The molecule has 4 heteroatoms. The van der Waals surface area contributed by atoms with Crippen molar-refractivity contribution in [2.45, 2.75) is 26.9 Å². The molecule has 0 aromatic carbocycles. The van der Waals surface area contributed by atoms with Crippen LogP contribution in [-0.4, -0.2) is 37.5 Å². The summed E-state index contributed by atoms with van der Waals surface area (Å²) in [6.45, 7) is 5.80. The van der Waals surface area contributed by atoms with Crippen molar-refractivity contribution in [2.24, 2.45) is 5.41 Å².